The fourth-order valence-corrected chi connectivity index (χ4v) is 3.65. The quantitative estimate of drug-likeness (QED) is 0.207. The molecule has 0 bridgehead atoms. The molecular formula is C26H32ClN5O7. The van der Waals surface area contributed by atoms with Crippen LogP contribution in [-0.4, -0.2) is 96.1 Å². The number of aliphatic hydroxyl groups is 1. The van der Waals surface area contributed by atoms with Crippen LogP contribution in [0.25, 0.3) is 11.3 Å². The van der Waals surface area contributed by atoms with Crippen LogP contribution in [0.2, 0.25) is 5.02 Å². The number of hydrogen-bond acceptors (Lipinski definition) is 8. The van der Waals surface area contributed by atoms with Gasteiger partial charge in [-0.1, -0.05) is 29.8 Å². The van der Waals surface area contributed by atoms with E-state index in [9.17, 15) is 14.4 Å². The molecule has 0 radical (unpaired) electrons. The molecule has 1 aromatic carbocycles. The summed E-state index contributed by atoms with van der Waals surface area (Å²) in [5.41, 5.74) is 1.63. The topological polar surface area (TPSA) is 180 Å². The predicted octanol–water partition coefficient (Wildman–Crippen LogP) is 2.44. The Kier molecular flexibility index (Phi) is 12.0. The molecule has 3 aromatic rings. The number of likely N-dealkylation sites (N-methyl/N-ethyl adjacent to an activating group) is 1. The van der Waals surface area contributed by atoms with Crippen molar-refractivity contribution >= 4 is 29.5 Å². The second kappa shape index (κ2) is 14.9. The maximum Gasteiger partial charge on any atom is 0.336 e. The molecule has 2 heterocycles. The smallest absolute Gasteiger partial charge is 0.336 e. The van der Waals surface area contributed by atoms with Gasteiger partial charge in [0.25, 0.3) is 0 Å². The first-order valence-electron chi connectivity index (χ1n) is 11.8. The first kappa shape index (κ1) is 31.4. The zero-order valence-electron chi connectivity index (χ0n) is 21.6. The van der Waals surface area contributed by atoms with Gasteiger partial charge in [-0.05, 0) is 43.9 Å². The molecule has 0 saturated carbocycles. The lowest BCUT2D eigenvalue weighted by atomic mass is 9.96. The van der Waals surface area contributed by atoms with E-state index in [1.54, 1.807) is 0 Å². The van der Waals surface area contributed by atoms with E-state index >= 15 is 0 Å². The second-order valence-corrected chi connectivity index (χ2v) is 9.53. The average Bonchev–Trinajstić information content (AvgIpc) is 3.31. The Morgan fingerprint density at radius 3 is 2.10 bits per heavy atom. The number of pyridine rings is 1. The Morgan fingerprint density at radius 1 is 0.949 bits per heavy atom. The molecule has 0 amide bonds. The second-order valence-electron chi connectivity index (χ2n) is 9.09. The van der Waals surface area contributed by atoms with Gasteiger partial charge in [0.15, 0.2) is 5.60 Å². The number of carboxylic acids is 3. The number of carbonyl (C=O) groups is 3. The van der Waals surface area contributed by atoms with Gasteiger partial charge >= 0.3 is 17.9 Å². The van der Waals surface area contributed by atoms with E-state index < -0.39 is 36.4 Å². The molecule has 12 nitrogen and oxygen atoms in total. The van der Waals surface area contributed by atoms with Gasteiger partial charge in [0.1, 0.15) is 0 Å². The molecule has 0 atom stereocenters. The molecule has 0 aliphatic heterocycles. The minimum atomic E-state index is -2.74. The van der Waals surface area contributed by atoms with Crippen LogP contribution in [0, 0.1) is 0 Å². The molecule has 13 heteroatoms. The Bertz CT molecular complexity index is 1200. The van der Waals surface area contributed by atoms with Gasteiger partial charge in [0, 0.05) is 43.0 Å². The summed E-state index contributed by atoms with van der Waals surface area (Å²) in [6.45, 7) is 3.55. The maximum absolute atomic E-state index is 10.3. The lowest BCUT2D eigenvalue weighted by molar-refractivity contribution is -0.170. The number of benzene rings is 1. The minimum absolute atomic E-state index is 0.734. The van der Waals surface area contributed by atoms with Crippen molar-refractivity contribution in [3.63, 3.8) is 0 Å². The zero-order chi connectivity index (χ0) is 29.0. The molecule has 3 rings (SSSR count). The van der Waals surface area contributed by atoms with Gasteiger partial charge in [-0.2, -0.15) is 5.10 Å². The third kappa shape index (κ3) is 10.8. The van der Waals surface area contributed by atoms with E-state index in [0.717, 1.165) is 48.2 Å². The third-order valence-electron chi connectivity index (χ3n) is 5.51. The van der Waals surface area contributed by atoms with Gasteiger partial charge in [0.05, 0.1) is 30.4 Å². The van der Waals surface area contributed by atoms with Crippen molar-refractivity contribution in [2.75, 3.05) is 27.2 Å². The summed E-state index contributed by atoms with van der Waals surface area (Å²) in [5, 5.41) is 41.9. The summed E-state index contributed by atoms with van der Waals surface area (Å²) in [6.07, 6.45) is 1.46. The Morgan fingerprint density at radius 2 is 1.59 bits per heavy atom. The molecule has 0 fully saturated rings. The predicted molar refractivity (Wildman–Crippen MR) is 143 cm³/mol. The largest absolute Gasteiger partial charge is 0.481 e. The molecule has 0 aliphatic carbocycles. The lowest BCUT2D eigenvalue weighted by Crippen LogP contribution is -2.42. The Balaban J connectivity index is 0.000000349. The molecule has 2 aromatic heterocycles. The van der Waals surface area contributed by atoms with Gasteiger partial charge < -0.3 is 25.3 Å². The Labute approximate surface area is 230 Å². The van der Waals surface area contributed by atoms with E-state index in [4.69, 9.17) is 32.0 Å². The van der Waals surface area contributed by atoms with Crippen molar-refractivity contribution in [2.24, 2.45) is 0 Å². The van der Waals surface area contributed by atoms with Crippen LogP contribution in [0.15, 0.2) is 54.9 Å². The highest BCUT2D eigenvalue weighted by Crippen LogP contribution is 2.24. The molecule has 210 valence electrons. The number of aromatic amines is 1. The van der Waals surface area contributed by atoms with E-state index in [1.807, 2.05) is 48.8 Å². The summed E-state index contributed by atoms with van der Waals surface area (Å²) >= 11 is 6.01. The molecule has 0 saturated heterocycles. The number of halogens is 1. The van der Waals surface area contributed by atoms with Crippen LogP contribution in [0.3, 0.4) is 0 Å². The maximum atomic E-state index is 10.3. The van der Waals surface area contributed by atoms with Gasteiger partial charge in [0.2, 0.25) is 0 Å². The van der Waals surface area contributed by atoms with Crippen LogP contribution in [-0.2, 0) is 27.5 Å². The molecule has 0 aliphatic rings. The first-order valence-corrected chi connectivity index (χ1v) is 12.2. The van der Waals surface area contributed by atoms with Crippen molar-refractivity contribution in [1.29, 1.82) is 0 Å². The van der Waals surface area contributed by atoms with Crippen molar-refractivity contribution in [2.45, 2.75) is 31.5 Å². The van der Waals surface area contributed by atoms with Crippen molar-refractivity contribution in [3.05, 3.63) is 71.1 Å². The number of rotatable bonds is 13. The van der Waals surface area contributed by atoms with Crippen molar-refractivity contribution in [1.82, 2.24) is 25.0 Å². The van der Waals surface area contributed by atoms with Crippen molar-refractivity contribution in [3.8, 4) is 11.3 Å². The van der Waals surface area contributed by atoms with E-state index in [2.05, 4.69) is 45.1 Å². The summed E-state index contributed by atoms with van der Waals surface area (Å²) in [6, 6.07) is 13.9. The average molecular weight is 562 g/mol. The van der Waals surface area contributed by atoms with Crippen LogP contribution in [0.4, 0.5) is 0 Å². The normalized spacial score (nSPS) is 11.2. The van der Waals surface area contributed by atoms with Crippen LogP contribution in [0.1, 0.15) is 24.1 Å². The van der Waals surface area contributed by atoms with E-state index in [-0.39, 0.29) is 0 Å². The molecule has 0 spiro atoms. The van der Waals surface area contributed by atoms with Gasteiger partial charge in [-0.3, -0.25) is 24.6 Å². The summed E-state index contributed by atoms with van der Waals surface area (Å²) < 4.78 is 0. The SMILES string of the molecule is CN(C)CCN(Cc1ccccn1)Cc1cn[nH]c1-c1ccc(Cl)cc1.O=C(O)CC(O)(CC(=O)O)C(=O)O. The van der Waals surface area contributed by atoms with Crippen LogP contribution in [0.5, 0.6) is 0 Å². The van der Waals surface area contributed by atoms with E-state index in [0.29, 0.717) is 0 Å². The third-order valence-corrected chi connectivity index (χ3v) is 5.76. The number of aromatic nitrogens is 3. The number of nitrogens with zero attached hydrogens (tertiary/aromatic N) is 4. The fraction of sp³-hybridized carbons (Fsp3) is 0.346. The first-order chi connectivity index (χ1) is 18.4. The summed E-state index contributed by atoms with van der Waals surface area (Å²) in [4.78, 5) is 39.5. The Hall–Kier alpha value is -3.84. The number of H-pyrrole nitrogens is 1. The standard InChI is InChI=1S/C20H24ClN5.C6H8O7/c1-25(2)11-12-26(15-19-5-3-4-10-22-19)14-17-13-23-24-20(17)16-6-8-18(21)9-7-16;7-3(8)1-6(13,5(11)12)2-4(9)10/h3-10,13H,11-12,14-15H2,1-2H3,(H,23,24);13H,1-2H2,(H,7,8)(H,9,10)(H,11,12). The molecule has 5 N–H and O–H groups in total. The monoisotopic (exact) mass is 561 g/mol. The molecular weight excluding hydrogens is 530 g/mol. The lowest BCUT2D eigenvalue weighted by Gasteiger charge is -2.24. The number of aliphatic carboxylic acids is 3. The zero-order valence-corrected chi connectivity index (χ0v) is 22.4. The number of nitrogens with one attached hydrogen (secondary N) is 1. The minimum Gasteiger partial charge on any atom is -0.481 e. The molecule has 0 unspecified atom stereocenters. The van der Waals surface area contributed by atoms with E-state index in [1.165, 1.54) is 5.56 Å². The highest BCUT2D eigenvalue weighted by molar-refractivity contribution is 6.30. The van der Waals surface area contributed by atoms with Gasteiger partial charge in [-0.25, -0.2) is 4.79 Å². The molecule has 39 heavy (non-hydrogen) atoms. The van der Waals surface area contributed by atoms with Crippen LogP contribution >= 0.6 is 11.6 Å². The van der Waals surface area contributed by atoms with Crippen LogP contribution < -0.4 is 0 Å². The summed E-state index contributed by atoms with van der Waals surface area (Å²) in [7, 11) is 4.19. The van der Waals surface area contributed by atoms with Crippen molar-refractivity contribution < 1.29 is 34.8 Å². The van der Waals surface area contributed by atoms with Gasteiger partial charge in [-0.15, -0.1) is 0 Å². The summed E-state index contributed by atoms with van der Waals surface area (Å²) in [5.74, 6) is -5.02. The number of carboxylic acid groups (broad SMARTS) is 3. The number of hydrogen-bond donors (Lipinski definition) is 5. The highest BCUT2D eigenvalue weighted by atomic mass is 35.5. The fourth-order valence-electron chi connectivity index (χ4n) is 3.53. The highest BCUT2D eigenvalue weighted by Gasteiger charge is 2.40.